The highest BCUT2D eigenvalue weighted by Crippen LogP contribution is 2.15. The molecule has 0 saturated carbocycles. The van der Waals surface area contributed by atoms with Crippen molar-refractivity contribution in [2.24, 2.45) is 0 Å². The van der Waals surface area contributed by atoms with Gasteiger partial charge in [-0.3, -0.25) is 9.69 Å². The van der Waals surface area contributed by atoms with E-state index in [4.69, 9.17) is 4.84 Å². The van der Waals surface area contributed by atoms with Crippen LogP contribution in [0.5, 0.6) is 0 Å². The van der Waals surface area contributed by atoms with Gasteiger partial charge in [0.2, 0.25) is 5.91 Å². The van der Waals surface area contributed by atoms with Crippen molar-refractivity contribution in [3.63, 3.8) is 0 Å². The quantitative estimate of drug-likeness (QED) is 0.899. The number of aromatic nitrogens is 2. The number of amides is 2. The van der Waals surface area contributed by atoms with Gasteiger partial charge in [-0.2, -0.15) is 4.73 Å². The third-order valence-corrected chi connectivity index (χ3v) is 3.07. The van der Waals surface area contributed by atoms with Crippen LogP contribution < -0.4 is 10.2 Å². The summed E-state index contributed by atoms with van der Waals surface area (Å²) in [4.78, 5) is 34.0. The number of hydrogen-bond donors (Lipinski definition) is 1. The van der Waals surface area contributed by atoms with Gasteiger partial charge in [0, 0.05) is 19.2 Å². The van der Waals surface area contributed by atoms with Crippen molar-refractivity contribution in [2.75, 3.05) is 20.1 Å². The SMILES string of the molecule is CCN(CC(=O)NC)C(=O)On1cnc(-c2ccccc2)c1. The molecule has 0 aliphatic carbocycles. The van der Waals surface area contributed by atoms with E-state index >= 15 is 0 Å². The van der Waals surface area contributed by atoms with Crippen LogP contribution in [0.1, 0.15) is 6.92 Å². The van der Waals surface area contributed by atoms with Crippen molar-refractivity contribution in [3.8, 4) is 11.3 Å². The highest BCUT2D eigenvalue weighted by molar-refractivity contribution is 5.82. The first-order valence-corrected chi connectivity index (χ1v) is 6.91. The van der Waals surface area contributed by atoms with Crippen LogP contribution in [0, 0.1) is 0 Å². The molecule has 0 bridgehead atoms. The fraction of sp³-hybridized carbons (Fsp3) is 0.267. The number of rotatable bonds is 5. The first kappa shape index (κ1) is 15.6. The molecule has 1 N–H and O–H groups in total. The zero-order chi connectivity index (χ0) is 15.9. The van der Waals surface area contributed by atoms with Crippen molar-refractivity contribution in [1.29, 1.82) is 0 Å². The van der Waals surface area contributed by atoms with Gasteiger partial charge < -0.3 is 10.2 Å². The van der Waals surface area contributed by atoms with Crippen molar-refractivity contribution in [2.45, 2.75) is 6.92 Å². The maximum Gasteiger partial charge on any atom is 0.435 e. The van der Waals surface area contributed by atoms with E-state index < -0.39 is 6.09 Å². The second-order valence-electron chi connectivity index (χ2n) is 4.53. The van der Waals surface area contributed by atoms with Gasteiger partial charge in [-0.05, 0) is 6.92 Å². The summed E-state index contributed by atoms with van der Waals surface area (Å²) in [5.74, 6) is -0.255. The summed E-state index contributed by atoms with van der Waals surface area (Å²) in [6, 6.07) is 9.56. The summed E-state index contributed by atoms with van der Waals surface area (Å²) < 4.78 is 1.23. The van der Waals surface area contributed by atoms with Crippen LogP contribution in [0.2, 0.25) is 0 Å². The topological polar surface area (TPSA) is 76.5 Å². The summed E-state index contributed by atoms with van der Waals surface area (Å²) in [7, 11) is 1.52. The maximum atomic E-state index is 12.0. The number of benzene rings is 1. The van der Waals surface area contributed by atoms with Gasteiger partial charge in [0.15, 0.2) is 0 Å². The summed E-state index contributed by atoms with van der Waals surface area (Å²) in [5, 5.41) is 2.47. The molecule has 2 aromatic rings. The molecule has 2 amide bonds. The fourth-order valence-electron chi connectivity index (χ4n) is 1.82. The van der Waals surface area contributed by atoms with E-state index in [9.17, 15) is 9.59 Å². The van der Waals surface area contributed by atoms with Crippen molar-refractivity contribution in [1.82, 2.24) is 19.9 Å². The summed E-state index contributed by atoms with van der Waals surface area (Å²) >= 11 is 0. The van der Waals surface area contributed by atoms with Crippen LogP contribution >= 0.6 is 0 Å². The van der Waals surface area contributed by atoms with Gasteiger partial charge >= 0.3 is 6.09 Å². The Bertz CT molecular complexity index is 639. The highest BCUT2D eigenvalue weighted by atomic mass is 16.7. The van der Waals surface area contributed by atoms with Crippen LogP contribution in [0.25, 0.3) is 11.3 Å². The molecule has 1 heterocycles. The number of hydrogen-bond acceptors (Lipinski definition) is 4. The number of nitrogens with one attached hydrogen (secondary N) is 1. The molecule has 0 spiro atoms. The smallest absolute Gasteiger partial charge is 0.358 e. The van der Waals surface area contributed by atoms with E-state index in [0.717, 1.165) is 5.56 Å². The zero-order valence-corrected chi connectivity index (χ0v) is 12.5. The predicted octanol–water partition coefficient (Wildman–Crippen LogP) is 1.17. The minimum Gasteiger partial charge on any atom is -0.358 e. The van der Waals surface area contributed by atoms with Gasteiger partial charge in [0.1, 0.15) is 12.9 Å². The average Bonchev–Trinajstić information content (AvgIpc) is 3.01. The highest BCUT2D eigenvalue weighted by Gasteiger charge is 2.17. The van der Waals surface area contributed by atoms with Crippen molar-refractivity contribution in [3.05, 3.63) is 42.9 Å². The molecule has 7 nitrogen and oxygen atoms in total. The van der Waals surface area contributed by atoms with Crippen LogP contribution in [0.4, 0.5) is 4.79 Å². The standard InChI is InChI=1S/C15H18N4O3/c1-3-18(10-14(20)16-2)15(21)22-19-9-13(17-11-19)12-7-5-4-6-8-12/h4-9,11H,3,10H2,1-2H3,(H,16,20). The minimum absolute atomic E-state index is 0.0495. The van der Waals surface area contributed by atoms with Crippen molar-refractivity contribution < 1.29 is 14.4 Å². The Morgan fingerprint density at radius 3 is 2.68 bits per heavy atom. The Morgan fingerprint density at radius 1 is 1.32 bits per heavy atom. The zero-order valence-electron chi connectivity index (χ0n) is 12.5. The van der Waals surface area contributed by atoms with Crippen LogP contribution in [-0.2, 0) is 4.79 Å². The summed E-state index contributed by atoms with van der Waals surface area (Å²) in [6.45, 7) is 2.09. The number of nitrogens with zero attached hydrogens (tertiary/aromatic N) is 3. The number of imidazole rings is 1. The van der Waals surface area contributed by atoms with E-state index in [1.165, 1.54) is 23.0 Å². The van der Waals surface area contributed by atoms with Gasteiger partial charge in [-0.15, -0.1) is 0 Å². The molecule has 22 heavy (non-hydrogen) atoms. The lowest BCUT2D eigenvalue weighted by atomic mass is 10.2. The minimum atomic E-state index is -0.608. The predicted molar refractivity (Wildman–Crippen MR) is 81.0 cm³/mol. The molecule has 0 fully saturated rings. The molecule has 2 rings (SSSR count). The lowest BCUT2D eigenvalue weighted by molar-refractivity contribution is -0.121. The lowest BCUT2D eigenvalue weighted by Crippen LogP contribution is -2.42. The lowest BCUT2D eigenvalue weighted by Gasteiger charge is -2.18. The molecule has 0 saturated heterocycles. The molecule has 0 atom stereocenters. The Hall–Kier alpha value is -2.83. The van der Waals surface area contributed by atoms with E-state index in [1.54, 1.807) is 13.1 Å². The Balaban J connectivity index is 2.03. The molecular weight excluding hydrogens is 284 g/mol. The molecule has 116 valence electrons. The van der Waals surface area contributed by atoms with E-state index in [2.05, 4.69) is 10.3 Å². The summed E-state index contributed by atoms with van der Waals surface area (Å²) in [6.07, 6.45) is 2.41. The molecule has 0 unspecified atom stereocenters. The second-order valence-corrected chi connectivity index (χ2v) is 4.53. The first-order chi connectivity index (χ1) is 10.6. The fourth-order valence-corrected chi connectivity index (χ4v) is 1.82. The Labute approximate surface area is 128 Å². The third-order valence-electron chi connectivity index (χ3n) is 3.07. The molecular formula is C15H18N4O3. The van der Waals surface area contributed by atoms with Gasteiger partial charge in [-0.25, -0.2) is 9.78 Å². The number of carbonyl (C=O) groups excluding carboxylic acids is 2. The average molecular weight is 302 g/mol. The largest absolute Gasteiger partial charge is 0.435 e. The van der Waals surface area contributed by atoms with Gasteiger partial charge in [0.05, 0.1) is 11.9 Å². The van der Waals surface area contributed by atoms with Crippen LogP contribution in [0.3, 0.4) is 0 Å². The molecule has 1 aromatic heterocycles. The van der Waals surface area contributed by atoms with Crippen LogP contribution in [0.15, 0.2) is 42.9 Å². The summed E-state index contributed by atoms with van der Waals surface area (Å²) in [5.41, 5.74) is 1.62. The van der Waals surface area contributed by atoms with Gasteiger partial charge in [-0.1, -0.05) is 30.3 Å². The molecule has 0 aliphatic heterocycles. The maximum absolute atomic E-state index is 12.0. The first-order valence-electron chi connectivity index (χ1n) is 6.91. The van der Waals surface area contributed by atoms with Crippen LogP contribution in [-0.4, -0.2) is 46.8 Å². The molecule has 0 radical (unpaired) electrons. The molecule has 1 aromatic carbocycles. The third kappa shape index (κ3) is 3.85. The second kappa shape index (κ2) is 7.26. The number of likely N-dealkylation sites (N-methyl/N-ethyl adjacent to an activating group) is 2. The van der Waals surface area contributed by atoms with E-state index in [-0.39, 0.29) is 12.5 Å². The van der Waals surface area contributed by atoms with E-state index in [1.807, 2.05) is 30.3 Å². The molecule has 7 heteroatoms. The normalized spacial score (nSPS) is 10.1. The molecule has 0 aliphatic rings. The Morgan fingerprint density at radius 2 is 2.05 bits per heavy atom. The van der Waals surface area contributed by atoms with E-state index in [0.29, 0.717) is 12.2 Å². The monoisotopic (exact) mass is 302 g/mol. The number of carbonyl (C=O) groups is 2. The Kier molecular flexibility index (Phi) is 5.13. The van der Waals surface area contributed by atoms with Crippen molar-refractivity contribution >= 4 is 12.0 Å². The van der Waals surface area contributed by atoms with Gasteiger partial charge in [0.25, 0.3) is 0 Å².